The van der Waals surface area contributed by atoms with Gasteiger partial charge in [-0.1, -0.05) is 18.2 Å². The number of rotatable bonds is 6. The Morgan fingerprint density at radius 2 is 1.93 bits per heavy atom. The predicted molar refractivity (Wildman–Crippen MR) is 106 cm³/mol. The number of ether oxygens (including phenoxy) is 3. The van der Waals surface area contributed by atoms with E-state index in [1.54, 1.807) is 38.9 Å². The molecule has 0 spiro atoms. The van der Waals surface area contributed by atoms with Gasteiger partial charge in [0.15, 0.2) is 0 Å². The maximum Gasteiger partial charge on any atom is 0.410 e. The minimum absolute atomic E-state index is 0.0426. The zero-order chi connectivity index (χ0) is 20.7. The van der Waals surface area contributed by atoms with E-state index in [2.05, 4.69) is 6.58 Å². The number of amides is 2. The van der Waals surface area contributed by atoms with Gasteiger partial charge in [-0.05, 0) is 38.5 Å². The molecule has 1 aromatic carbocycles. The summed E-state index contributed by atoms with van der Waals surface area (Å²) in [6.07, 6.45) is 0.813. The van der Waals surface area contributed by atoms with Crippen LogP contribution in [0.1, 0.15) is 26.3 Å². The zero-order valence-electron chi connectivity index (χ0n) is 17.1. The van der Waals surface area contributed by atoms with Crippen molar-refractivity contribution in [3.63, 3.8) is 0 Å². The van der Waals surface area contributed by atoms with Crippen LogP contribution < -0.4 is 4.74 Å². The highest BCUT2D eigenvalue weighted by atomic mass is 16.6. The Labute approximate surface area is 166 Å². The maximum absolute atomic E-state index is 12.8. The number of carbonyl (C=O) groups excluding carboxylic acids is 2. The SMILES string of the molecule is C=CCO[C@@H]1CN(Cc2ccc(OC)cc2)C(=O)CN(C(=O)OC(C)(C)C)C1. The number of hydrogen-bond acceptors (Lipinski definition) is 5. The molecule has 0 unspecified atom stereocenters. The van der Waals surface area contributed by atoms with Crippen molar-refractivity contribution in [2.45, 2.75) is 39.0 Å². The fraction of sp³-hybridized carbons (Fsp3) is 0.524. The van der Waals surface area contributed by atoms with Gasteiger partial charge in [-0.3, -0.25) is 9.69 Å². The molecule has 0 aliphatic carbocycles. The van der Waals surface area contributed by atoms with Crippen LogP contribution in [-0.2, 0) is 20.8 Å². The first kappa shape index (κ1) is 21.8. The highest BCUT2D eigenvalue weighted by Crippen LogP contribution is 2.17. The molecule has 0 aromatic heterocycles. The Balaban J connectivity index is 2.14. The molecule has 7 heteroatoms. The summed E-state index contributed by atoms with van der Waals surface area (Å²) < 4.78 is 16.4. The van der Waals surface area contributed by atoms with Crippen molar-refractivity contribution >= 4 is 12.0 Å². The van der Waals surface area contributed by atoms with Gasteiger partial charge >= 0.3 is 6.09 Å². The Bertz CT molecular complexity index is 681. The molecule has 1 heterocycles. The van der Waals surface area contributed by atoms with Crippen molar-refractivity contribution in [1.29, 1.82) is 0 Å². The molecule has 0 saturated carbocycles. The van der Waals surface area contributed by atoms with Crippen molar-refractivity contribution in [1.82, 2.24) is 9.80 Å². The van der Waals surface area contributed by atoms with Crippen LogP contribution in [0.5, 0.6) is 5.75 Å². The van der Waals surface area contributed by atoms with Crippen LogP contribution in [0.15, 0.2) is 36.9 Å². The Kier molecular flexibility index (Phi) is 7.45. The summed E-state index contributed by atoms with van der Waals surface area (Å²) in [4.78, 5) is 28.4. The van der Waals surface area contributed by atoms with Crippen molar-refractivity contribution < 1.29 is 23.8 Å². The van der Waals surface area contributed by atoms with E-state index in [0.717, 1.165) is 11.3 Å². The van der Waals surface area contributed by atoms with E-state index in [4.69, 9.17) is 14.2 Å². The molecule has 28 heavy (non-hydrogen) atoms. The van der Waals surface area contributed by atoms with Gasteiger partial charge in [0.2, 0.25) is 5.91 Å². The fourth-order valence-corrected chi connectivity index (χ4v) is 2.86. The van der Waals surface area contributed by atoms with E-state index in [1.807, 2.05) is 24.3 Å². The van der Waals surface area contributed by atoms with Gasteiger partial charge in [0, 0.05) is 13.1 Å². The second-order valence-corrected chi connectivity index (χ2v) is 7.73. The second kappa shape index (κ2) is 9.59. The molecule has 1 fully saturated rings. The van der Waals surface area contributed by atoms with Gasteiger partial charge in [0.05, 0.1) is 26.4 Å². The Hall–Kier alpha value is -2.54. The van der Waals surface area contributed by atoms with Crippen LogP contribution in [0.25, 0.3) is 0 Å². The summed E-state index contributed by atoms with van der Waals surface area (Å²) in [6, 6.07) is 7.55. The quantitative estimate of drug-likeness (QED) is 0.699. The molecule has 0 bridgehead atoms. The van der Waals surface area contributed by atoms with Crippen molar-refractivity contribution in [2.24, 2.45) is 0 Å². The van der Waals surface area contributed by atoms with E-state index in [9.17, 15) is 9.59 Å². The minimum Gasteiger partial charge on any atom is -0.497 e. The molecular weight excluding hydrogens is 360 g/mol. The van der Waals surface area contributed by atoms with Crippen LogP contribution in [0.4, 0.5) is 4.79 Å². The molecular formula is C21H30N2O5. The van der Waals surface area contributed by atoms with Crippen molar-refractivity contribution in [3.05, 3.63) is 42.5 Å². The third kappa shape index (κ3) is 6.56. The van der Waals surface area contributed by atoms with Crippen LogP contribution in [0, 0.1) is 0 Å². The molecule has 0 N–H and O–H groups in total. The minimum atomic E-state index is -0.632. The molecule has 154 valence electrons. The lowest BCUT2D eigenvalue weighted by molar-refractivity contribution is -0.132. The lowest BCUT2D eigenvalue weighted by Gasteiger charge is -2.27. The molecule has 0 radical (unpaired) electrons. The van der Waals surface area contributed by atoms with Crippen molar-refractivity contribution in [3.8, 4) is 5.75 Å². The molecule has 1 aliphatic rings. The molecule has 1 aromatic rings. The van der Waals surface area contributed by atoms with Crippen LogP contribution >= 0.6 is 0 Å². The normalized spacial score (nSPS) is 17.9. The highest BCUT2D eigenvalue weighted by Gasteiger charge is 2.33. The van der Waals surface area contributed by atoms with E-state index < -0.39 is 11.7 Å². The number of nitrogens with zero attached hydrogens (tertiary/aromatic N) is 2. The topological polar surface area (TPSA) is 68.3 Å². The van der Waals surface area contributed by atoms with Gasteiger partial charge in [-0.15, -0.1) is 6.58 Å². The summed E-state index contributed by atoms with van der Waals surface area (Å²) >= 11 is 0. The monoisotopic (exact) mass is 390 g/mol. The lowest BCUT2D eigenvalue weighted by Crippen LogP contribution is -2.42. The number of methoxy groups -OCH3 is 1. The molecule has 2 amide bonds. The maximum atomic E-state index is 12.8. The molecule has 1 saturated heterocycles. The first-order valence-corrected chi connectivity index (χ1v) is 9.33. The highest BCUT2D eigenvalue weighted by molar-refractivity contribution is 5.83. The number of benzene rings is 1. The smallest absolute Gasteiger partial charge is 0.410 e. The zero-order valence-corrected chi connectivity index (χ0v) is 17.1. The van der Waals surface area contributed by atoms with Gasteiger partial charge < -0.3 is 19.1 Å². The summed E-state index contributed by atoms with van der Waals surface area (Å²) in [6.45, 7) is 10.5. The second-order valence-electron chi connectivity index (χ2n) is 7.73. The Morgan fingerprint density at radius 3 is 2.50 bits per heavy atom. The third-order valence-corrected chi connectivity index (χ3v) is 4.16. The van der Waals surface area contributed by atoms with Crippen molar-refractivity contribution in [2.75, 3.05) is 33.4 Å². The summed E-state index contributed by atoms with van der Waals surface area (Å²) in [7, 11) is 1.61. The molecule has 2 rings (SSSR count). The average Bonchev–Trinajstić information content (AvgIpc) is 2.78. The summed E-state index contributed by atoms with van der Waals surface area (Å²) in [5.41, 5.74) is 0.342. The number of hydrogen-bond donors (Lipinski definition) is 0. The molecule has 7 nitrogen and oxygen atoms in total. The van der Waals surface area contributed by atoms with E-state index in [1.165, 1.54) is 4.90 Å². The number of carbonyl (C=O) groups is 2. The first-order chi connectivity index (χ1) is 13.2. The van der Waals surface area contributed by atoms with E-state index in [-0.39, 0.29) is 25.1 Å². The Morgan fingerprint density at radius 1 is 1.25 bits per heavy atom. The fourth-order valence-electron chi connectivity index (χ4n) is 2.86. The van der Waals surface area contributed by atoms with Crippen LogP contribution in [0.2, 0.25) is 0 Å². The molecule has 1 atom stereocenters. The van der Waals surface area contributed by atoms with E-state index >= 15 is 0 Å². The van der Waals surface area contributed by atoms with E-state index in [0.29, 0.717) is 19.7 Å². The summed E-state index contributed by atoms with van der Waals surface area (Å²) in [5.74, 6) is 0.612. The van der Waals surface area contributed by atoms with Crippen LogP contribution in [0.3, 0.4) is 0 Å². The largest absolute Gasteiger partial charge is 0.497 e. The van der Waals surface area contributed by atoms with Gasteiger partial charge in [0.1, 0.15) is 17.9 Å². The molecule has 1 aliphatic heterocycles. The first-order valence-electron chi connectivity index (χ1n) is 9.33. The summed E-state index contributed by atoms with van der Waals surface area (Å²) in [5, 5.41) is 0. The van der Waals surface area contributed by atoms with Gasteiger partial charge in [-0.2, -0.15) is 0 Å². The third-order valence-electron chi connectivity index (χ3n) is 4.16. The van der Waals surface area contributed by atoms with Crippen LogP contribution in [-0.4, -0.2) is 66.9 Å². The van der Waals surface area contributed by atoms with Gasteiger partial charge in [-0.25, -0.2) is 4.79 Å². The standard InChI is InChI=1S/C21H30N2O5/c1-6-11-27-18-13-22(12-16-7-9-17(26-5)10-8-16)19(24)15-23(14-18)20(25)28-21(2,3)4/h6-10,18H,1,11-15H2,2-5H3/t18-/m1/s1. The lowest BCUT2D eigenvalue weighted by atomic mass is 10.2. The predicted octanol–water partition coefficient (Wildman–Crippen LogP) is 2.85. The average molecular weight is 390 g/mol. The van der Waals surface area contributed by atoms with Gasteiger partial charge in [0.25, 0.3) is 0 Å².